The van der Waals surface area contributed by atoms with E-state index in [0.29, 0.717) is 17.4 Å². The summed E-state index contributed by atoms with van der Waals surface area (Å²) >= 11 is 0. The Morgan fingerprint density at radius 3 is 2.32 bits per heavy atom. The Morgan fingerprint density at radius 1 is 1.21 bits per heavy atom. The van der Waals surface area contributed by atoms with Crippen molar-refractivity contribution >= 4 is 0 Å². The van der Waals surface area contributed by atoms with E-state index < -0.39 is 0 Å². The van der Waals surface area contributed by atoms with Crippen LogP contribution < -0.4 is 5.73 Å². The topological polar surface area (TPSA) is 32.5 Å². The van der Waals surface area contributed by atoms with Gasteiger partial charge in [-0.1, -0.05) is 27.7 Å². The highest BCUT2D eigenvalue weighted by Crippen LogP contribution is 2.50. The number of nitrogens with zero attached hydrogens (tertiary/aromatic N) is 2. The van der Waals surface area contributed by atoms with Gasteiger partial charge in [-0.25, -0.2) is 0 Å². The predicted octanol–water partition coefficient (Wildman–Crippen LogP) is 2.17. The Bertz CT molecular complexity index is 315. The summed E-state index contributed by atoms with van der Waals surface area (Å²) in [4.78, 5) is 5.31. The van der Waals surface area contributed by atoms with Crippen LogP contribution in [-0.4, -0.2) is 54.1 Å². The quantitative estimate of drug-likeness (QED) is 0.850. The van der Waals surface area contributed by atoms with Gasteiger partial charge in [0.15, 0.2) is 0 Å². The zero-order valence-corrected chi connectivity index (χ0v) is 13.6. The Morgan fingerprint density at radius 2 is 1.89 bits per heavy atom. The van der Waals surface area contributed by atoms with Crippen LogP contribution in [0.5, 0.6) is 0 Å². The molecule has 0 amide bonds. The second-order valence-electron chi connectivity index (χ2n) is 7.68. The van der Waals surface area contributed by atoms with Gasteiger partial charge in [0.05, 0.1) is 0 Å². The maximum atomic E-state index is 6.27. The van der Waals surface area contributed by atoms with Gasteiger partial charge >= 0.3 is 0 Å². The van der Waals surface area contributed by atoms with Crippen LogP contribution in [0.2, 0.25) is 0 Å². The number of hydrogen-bond donors (Lipinski definition) is 1. The molecule has 3 unspecified atom stereocenters. The molecule has 1 heterocycles. The highest BCUT2D eigenvalue weighted by Gasteiger charge is 2.51. The second-order valence-corrected chi connectivity index (χ2v) is 7.68. The second kappa shape index (κ2) is 5.34. The minimum atomic E-state index is 0.248. The van der Waals surface area contributed by atoms with Gasteiger partial charge < -0.3 is 5.73 Å². The molecule has 2 N–H and O–H groups in total. The number of piperazine rings is 1. The van der Waals surface area contributed by atoms with Crippen LogP contribution in [0.1, 0.15) is 47.5 Å². The maximum Gasteiger partial charge on any atom is 0.0363 e. The molecule has 3 nitrogen and oxygen atoms in total. The van der Waals surface area contributed by atoms with Crippen LogP contribution in [0.3, 0.4) is 0 Å². The molecule has 1 aliphatic heterocycles. The lowest BCUT2D eigenvalue weighted by atomic mass is 9.83. The van der Waals surface area contributed by atoms with Crippen LogP contribution in [0.25, 0.3) is 0 Å². The lowest BCUT2D eigenvalue weighted by Gasteiger charge is -2.50. The van der Waals surface area contributed by atoms with Gasteiger partial charge in [-0.3, -0.25) is 9.80 Å². The molecule has 0 radical (unpaired) electrons. The van der Waals surface area contributed by atoms with Gasteiger partial charge in [-0.05, 0) is 37.6 Å². The molecule has 0 aromatic rings. The standard InChI is InChI=1S/C16H33N3/c1-6-18-7-8-19(10-14(18)3)16(12-17)11-15(4,5)9-13(16)2/h13-14H,6-12,17H2,1-5H3. The summed E-state index contributed by atoms with van der Waals surface area (Å²) < 4.78 is 0. The van der Waals surface area contributed by atoms with Crippen molar-refractivity contribution in [3.8, 4) is 0 Å². The fraction of sp³-hybridized carbons (Fsp3) is 1.00. The molecule has 1 saturated carbocycles. The predicted molar refractivity (Wildman–Crippen MR) is 82.2 cm³/mol. The van der Waals surface area contributed by atoms with Crippen molar-refractivity contribution in [1.82, 2.24) is 9.80 Å². The molecule has 0 aromatic carbocycles. The zero-order chi connectivity index (χ0) is 14.3. The number of nitrogens with two attached hydrogens (primary N) is 1. The van der Waals surface area contributed by atoms with Gasteiger partial charge in [0.2, 0.25) is 0 Å². The SMILES string of the molecule is CCN1CCN(C2(CN)CC(C)(C)CC2C)CC1C. The third kappa shape index (κ3) is 2.70. The van der Waals surface area contributed by atoms with Gasteiger partial charge in [-0.2, -0.15) is 0 Å². The van der Waals surface area contributed by atoms with Gasteiger partial charge in [0.1, 0.15) is 0 Å². The average molecular weight is 267 g/mol. The molecule has 1 saturated heterocycles. The fourth-order valence-corrected chi connectivity index (χ4v) is 4.79. The maximum absolute atomic E-state index is 6.27. The first-order chi connectivity index (χ1) is 8.84. The molecule has 2 aliphatic rings. The van der Waals surface area contributed by atoms with E-state index >= 15 is 0 Å². The van der Waals surface area contributed by atoms with E-state index in [2.05, 4.69) is 44.4 Å². The lowest BCUT2D eigenvalue weighted by Crippen LogP contribution is -2.63. The first kappa shape index (κ1) is 15.3. The molecule has 0 aromatic heterocycles. The van der Waals surface area contributed by atoms with Gasteiger partial charge in [0, 0.05) is 37.8 Å². The molecule has 0 bridgehead atoms. The largest absolute Gasteiger partial charge is 0.329 e. The number of rotatable bonds is 3. The third-order valence-corrected chi connectivity index (χ3v) is 5.72. The van der Waals surface area contributed by atoms with Gasteiger partial charge in [0.25, 0.3) is 0 Å². The van der Waals surface area contributed by atoms with E-state index in [9.17, 15) is 0 Å². The first-order valence-electron chi connectivity index (χ1n) is 8.04. The normalized spacial score (nSPS) is 40.7. The van der Waals surface area contributed by atoms with Crippen molar-refractivity contribution in [2.45, 2.75) is 59.0 Å². The molecule has 112 valence electrons. The van der Waals surface area contributed by atoms with Gasteiger partial charge in [-0.15, -0.1) is 0 Å². The van der Waals surface area contributed by atoms with Crippen LogP contribution in [0.4, 0.5) is 0 Å². The highest BCUT2D eigenvalue weighted by atomic mass is 15.3. The van der Waals surface area contributed by atoms with Crippen molar-refractivity contribution in [1.29, 1.82) is 0 Å². The molecular weight excluding hydrogens is 234 g/mol. The van der Waals surface area contributed by atoms with Crippen molar-refractivity contribution in [3.05, 3.63) is 0 Å². The summed E-state index contributed by atoms with van der Waals surface area (Å²) in [6, 6.07) is 0.665. The van der Waals surface area contributed by atoms with Crippen LogP contribution in [0, 0.1) is 11.3 Å². The molecular formula is C16H33N3. The Kier molecular flexibility index (Phi) is 4.29. The minimum absolute atomic E-state index is 0.248. The van der Waals surface area contributed by atoms with E-state index in [0.717, 1.165) is 6.54 Å². The molecule has 2 fully saturated rings. The Balaban J connectivity index is 2.15. The number of hydrogen-bond acceptors (Lipinski definition) is 3. The summed E-state index contributed by atoms with van der Waals surface area (Å²) in [7, 11) is 0. The highest BCUT2D eigenvalue weighted by molar-refractivity contribution is 5.07. The summed E-state index contributed by atoms with van der Waals surface area (Å²) in [5.41, 5.74) is 6.96. The van der Waals surface area contributed by atoms with E-state index in [4.69, 9.17) is 5.73 Å². The smallest absolute Gasteiger partial charge is 0.0363 e. The molecule has 2 rings (SSSR count). The van der Waals surface area contributed by atoms with Crippen molar-refractivity contribution in [2.24, 2.45) is 17.1 Å². The van der Waals surface area contributed by atoms with E-state index in [1.807, 2.05) is 0 Å². The molecule has 3 heteroatoms. The third-order valence-electron chi connectivity index (χ3n) is 5.72. The Hall–Kier alpha value is -0.120. The van der Waals surface area contributed by atoms with E-state index in [-0.39, 0.29) is 5.54 Å². The monoisotopic (exact) mass is 267 g/mol. The molecule has 19 heavy (non-hydrogen) atoms. The molecule has 0 spiro atoms. The molecule has 1 aliphatic carbocycles. The van der Waals surface area contributed by atoms with E-state index in [1.165, 1.54) is 39.0 Å². The molecule has 3 atom stereocenters. The van der Waals surface area contributed by atoms with Crippen molar-refractivity contribution in [2.75, 3.05) is 32.7 Å². The van der Waals surface area contributed by atoms with Crippen molar-refractivity contribution < 1.29 is 0 Å². The fourth-order valence-electron chi connectivity index (χ4n) is 4.79. The lowest BCUT2D eigenvalue weighted by molar-refractivity contribution is -0.00894. The Labute approximate surface area is 119 Å². The first-order valence-corrected chi connectivity index (χ1v) is 8.04. The van der Waals surface area contributed by atoms with Crippen LogP contribution >= 0.6 is 0 Å². The average Bonchev–Trinajstić information content (AvgIpc) is 2.59. The van der Waals surface area contributed by atoms with E-state index in [1.54, 1.807) is 0 Å². The summed E-state index contributed by atoms with van der Waals surface area (Å²) in [5, 5.41) is 0. The summed E-state index contributed by atoms with van der Waals surface area (Å²) in [6.45, 7) is 17.4. The summed E-state index contributed by atoms with van der Waals surface area (Å²) in [6.07, 6.45) is 2.57. The van der Waals surface area contributed by atoms with Crippen LogP contribution in [0.15, 0.2) is 0 Å². The zero-order valence-electron chi connectivity index (χ0n) is 13.6. The summed E-state index contributed by atoms with van der Waals surface area (Å²) in [5.74, 6) is 0.716. The minimum Gasteiger partial charge on any atom is -0.329 e. The van der Waals surface area contributed by atoms with Crippen molar-refractivity contribution in [3.63, 3.8) is 0 Å². The number of likely N-dealkylation sites (N-methyl/N-ethyl adjacent to an activating group) is 1. The van der Waals surface area contributed by atoms with Crippen LogP contribution in [-0.2, 0) is 0 Å².